The predicted octanol–water partition coefficient (Wildman–Crippen LogP) is 4.53. The van der Waals surface area contributed by atoms with Crippen LogP contribution in [0.1, 0.15) is 30.7 Å². The van der Waals surface area contributed by atoms with Gasteiger partial charge in [-0.3, -0.25) is 4.90 Å². The first-order chi connectivity index (χ1) is 14.5. The Balaban J connectivity index is 1.51. The van der Waals surface area contributed by atoms with E-state index >= 15 is 0 Å². The first kappa shape index (κ1) is 21.3. The van der Waals surface area contributed by atoms with E-state index in [4.69, 9.17) is 0 Å². The summed E-state index contributed by atoms with van der Waals surface area (Å²) < 4.78 is 38.2. The van der Waals surface area contributed by atoms with E-state index in [-0.39, 0.29) is 31.2 Å². The first-order valence-electron chi connectivity index (χ1n) is 10.8. The van der Waals surface area contributed by atoms with E-state index in [0.29, 0.717) is 13.1 Å². The van der Waals surface area contributed by atoms with Gasteiger partial charge in [-0.05, 0) is 42.6 Å². The van der Waals surface area contributed by atoms with Crippen LogP contribution in [0.25, 0.3) is 11.1 Å². The van der Waals surface area contributed by atoms with Crippen LogP contribution in [0.4, 0.5) is 13.2 Å². The van der Waals surface area contributed by atoms with Gasteiger partial charge in [0.2, 0.25) is 0 Å². The van der Waals surface area contributed by atoms with Gasteiger partial charge < -0.3 is 10.0 Å². The summed E-state index contributed by atoms with van der Waals surface area (Å²) in [6, 6.07) is 18.8. The summed E-state index contributed by atoms with van der Waals surface area (Å²) in [6.45, 7) is 2.37. The molecule has 2 aromatic rings. The fourth-order valence-electron chi connectivity index (χ4n) is 5.03. The molecule has 0 aliphatic carbocycles. The third-order valence-electron chi connectivity index (χ3n) is 6.57. The van der Waals surface area contributed by atoms with Gasteiger partial charge >= 0.3 is 6.18 Å². The van der Waals surface area contributed by atoms with Gasteiger partial charge in [0.25, 0.3) is 0 Å². The van der Waals surface area contributed by atoms with E-state index in [1.165, 1.54) is 0 Å². The highest BCUT2D eigenvalue weighted by Gasteiger charge is 2.49. The fraction of sp³-hybridized carbons (Fsp3) is 0.500. The van der Waals surface area contributed by atoms with Crippen molar-refractivity contribution in [3.05, 3.63) is 60.2 Å². The molecular formula is C24H29F3N2O. The molecule has 2 heterocycles. The summed E-state index contributed by atoms with van der Waals surface area (Å²) in [6.07, 6.45) is -3.04. The van der Waals surface area contributed by atoms with Crippen molar-refractivity contribution in [1.82, 2.24) is 9.80 Å². The van der Waals surface area contributed by atoms with Crippen LogP contribution in [0.2, 0.25) is 0 Å². The summed E-state index contributed by atoms with van der Waals surface area (Å²) in [7, 11) is 0. The molecule has 2 aliphatic heterocycles. The third-order valence-corrected chi connectivity index (χ3v) is 6.57. The summed E-state index contributed by atoms with van der Waals surface area (Å²) in [4.78, 5) is 4.26. The van der Waals surface area contributed by atoms with E-state index in [2.05, 4.69) is 41.3 Å². The second kappa shape index (κ2) is 9.08. The van der Waals surface area contributed by atoms with Crippen molar-refractivity contribution >= 4 is 0 Å². The van der Waals surface area contributed by atoms with Gasteiger partial charge in [-0.25, -0.2) is 0 Å². The number of halogens is 3. The molecule has 162 valence electrons. The molecule has 3 nitrogen and oxygen atoms in total. The highest BCUT2D eigenvalue weighted by atomic mass is 19.4. The summed E-state index contributed by atoms with van der Waals surface area (Å²) in [5, 5.41) is 10.0. The van der Waals surface area contributed by atoms with Crippen molar-refractivity contribution in [3.63, 3.8) is 0 Å². The Bertz CT molecular complexity index is 809. The molecule has 0 amide bonds. The van der Waals surface area contributed by atoms with Gasteiger partial charge in [0, 0.05) is 31.1 Å². The Labute approximate surface area is 176 Å². The van der Waals surface area contributed by atoms with Crippen molar-refractivity contribution < 1.29 is 18.3 Å². The molecule has 0 spiro atoms. The predicted molar refractivity (Wildman–Crippen MR) is 112 cm³/mol. The Morgan fingerprint density at radius 2 is 1.57 bits per heavy atom. The van der Waals surface area contributed by atoms with Gasteiger partial charge in [0.15, 0.2) is 0 Å². The zero-order chi connectivity index (χ0) is 21.1. The van der Waals surface area contributed by atoms with E-state index in [9.17, 15) is 18.3 Å². The van der Waals surface area contributed by atoms with Gasteiger partial charge in [-0.15, -0.1) is 0 Å². The van der Waals surface area contributed by atoms with Crippen LogP contribution >= 0.6 is 0 Å². The Morgan fingerprint density at radius 1 is 0.900 bits per heavy atom. The molecule has 0 radical (unpaired) electrons. The fourth-order valence-corrected chi connectivity index (χ4v) is 5.03. The molecule has 0 saturated carbocycles. The number of fused-ring (bicyclic) bond motifs is 1. The lowest BCUT2D eigenvalue weighted by atomic mass is 9.74. The van der Waals surface area contributed by atoms with Crippen molar-refractivity contribution in [1.29, 1.82) is 0 Å². The van der Waals surface area contributed by atoms with Crippen LogP contribution in [-0.4, -0.2) is 66.0 Å². The molecule has 2 aromatic carbocycles. The smallest absolute Gasteiger partial charge is 0.390 e. The second-order valence-electron chi connectivity index (χ2n) is 8.44. The van der Waals surface area contributed by atoms with Gasteiger partial charge in [-0.2, -0.15) is 13.2 Å². The van der Waals surface area contributed by atoms with E-state index in [0.717, 1.165) is 36.1 Å². The molecule has 0 aromatic heterocycles. The van der Waals surface area contributed by atoms with Crippen LogP contribution in [-0.2, 0) is 0 Å². The maximum atomic E-state index is 12.7. The molecule has 0 bridgehead atoms. The highest BCUT2D eigenvalue weighted by molar-refractivity contribution is 5.63. The van der Waals surface area contributed by atoms with Crippen LogP contribution in [0.5, 0.6) is 0 Å². The lowest BCUT2D eigenvalue weighted by Crippen LogP contribution is -2.67. The molecule has 4 rings (SSSR count). The largest absolute Gasteiger partial charge is 0.395 e. The molecule has 2 saturated heterocycles. The average molecular weight is 419 g/mol. The standard InChI is InChI=1S/C24H29F3N2O/c25-24(26,27)12-15-28-13-4-5-14-29-21(16-28)23(22(29)17-30)20-10-8-19(9-11-20)18-6-2-1-3-7-18/h1-3,6-11,21-23,30H,4-5,12-17H2/t21-,22-,23-/m1/s1. The number of hydrogen-bond acceptors (Lipinski definition) is 3. The van der Waals surface area contributed by atoms with Crippen LogP contribution in [0.15, 0.2) is 54.6 Å². The minimum Gasteiger partial charge on any atom is -0.395 e. The van der Waals surface area contributed by atoms with E-state index in [1.807, 2.05) is 23.1 Å². The lowest BCUT2D eigenvalue weighted by molar-refractivity contribution is -0.140. The lowest BCUT2D eigenvalue weighted by Gasteiger charge is -2.57. The number of aliphatic hydroxyl groups excluding tert-OH is 1. The van der Waals surface area contributed by atoms with Crippen molar-refractivity contribution in [3.8, 4) is 11.1 Å². The summed E-state index contributed by atoms with van der Waals surface area (Å²) in [5.41, 5.74) is 3.45. The summed E-state index contributed by atoms with van der Waals surface area (Å²) in [5.74, 6) is 0.145. The highest BCUT2D eigenvalue weighted by Crippen LogP contribution is 2.42. The quantitative estimate of drug-likeness (QED) is 0.773. The van der Waals surface area contributed by atoms with Gasteiger partial charge in [0.05, 0.1) is 13.0 Å². The number of nitrogens with zero attached hydrogens (tertiary/aromatic N) is 2. The van der Waals surface area contributed by atoms with E-state index in [1.54, 1.807) is 0 Å². The second-order valence-corrected chi connectivity index (χ2v) is 8.44. The first-order valence-corrected chi connectivity index (χ1v) is 10.8. The molecule has 2 aliphatic rings. The number of benzene rings is 2. The van der Waals surface area contributed by atoms with E-state index < -0.39 is 12.6 Å². The molecule has 3 atom stereocenters. The minimum absolute atomic E-state index is 0.0418. The molecule has 2 fully saturated rings. The molecular weight excluding hydrogens is 389 g/mol. The topological polar surface area (TPSA) is 26.7 Å². The Hall–Kier alpha value is -1.89. The SMILES string of the molecule is OC[C@@H]1[C@H](c2ccc(-c3ccccc3)cc2)[C@H]2CN(CCC(F)(F)F)CCCCN12. The van der Waals surface area contributed by atoms with Crippen LogP contribution in [0.3, 0.4) is 0 Å². The van der Waals surface area contributed by atoms with Crippen molar-refractivity contribution in [2.75, 3.05) is 32.8 Å². The minimum atomic E-state index is -4.12. The van der Waals surface area contributed by atoms with Gasteiger partial charge in [0.1, 0.15) is 0 Å². The van der Waals surface area contributed by atoms with Crippen LogP contribution in [0, 0.1) is 0 Å². The number of aliphatic hydroxyl groups is 1. The third kappa shape index (κ3) is 4.71. The van der Waals surface area contributed by atoms with Gasteiger partial charge in [-0.1, -0.05) is 54.6 Å². The average Bonchev–Trinajstić information content (AvgIpc) is 2.72. The van der Waals surface area contributed by atoms with Crippen molar-refractivity contribution in [2.24, 2.45) is 0 Å². The summed E-state index contributed by atoms with van der Waals surface area (Å²) >= 11 is 0. The Morgan fingerprint density at radius 3 is 2.23 bits per heavy atom. The Kier molecular flexibility index (Phi) is 6.46. The molecule has 30 heavy (non-hydrogen) atoms. The molecule has 6 heteroatoms. The molecule has 1 N–H and O–H groups in total. The monoisotopic (exact) mass is 418 g/mol. The van der Waals surface area contributed by atoms with Crippen molar-refractivity contribution in [2.45, 2.75) is 43.4 Å². The van der Waals surface area contributed by atoms with Crippen LogP contribution < -0.4 is 0 Å². The molecule has 0 unspecified atom stereocenters. The normalized spacial score (nSPS) is 25.8. The zero-order valence-electron chi connectivity index (χ0n) is 17.1. The maximum Gasteiger partial charge on any atom is 0.390 e. The number of hydrogen-bond donors (Lipinski definition) is 1. The number of rotatable bonds is 5. The number of alkyl halides is 3. The zero-order valence-corrected chi connectivity index (χ0v) is 17.1. The maximum absolute atomic E-state index is 12.7.